The highest BCUT2D eigenvalue weighted by molar-refractivity contribution is 6.39. The number of aliphatic hydroxyl groups excluding tert-OH is 3. The number of hydrogen-bond acceptors (Lipinski definition) is 9. The number of hydrogen-bond donors (Lipinski definition) is 3. The van der Waals surface area contributed by atoms with Crippen LogP contribution in [-0.4, -0.2) is 72.8 Å². The van der Waals surface area contributed by atoms with Crippen LogP contribution in [0.2, 0.25) is 10.0 Å². The summed E-state index contributed by atoms with van der Waals surface area (Å²) in [5, 5.41) is 30.0. The van der Waals surface area contributed by atoms with Gasteiger partial charge in [-0.3, -0.25) is 0 Å². The van der Waals surface area contributed by atoms with Crippen LogP contribution in [0.1, 0.15) is 21.5 Å². The number of halogens is 2. The van der Waals surface area contributed by atoms with Crippen molar-refractivity contribution in [2.75, 3.05) is 20.8 Å². The van der Waals surface area contributed by atoms with E-state index in [0.29, 0.717) is 0 Å². The molecule has 1 aliphatic heterocycles. The Morgan fingerprint density at radius 3 is 2.32 bits per heavy atom. The Kier molecular flexibility index (Phi) is 9.00. The van der Waals surface area contributed by atoms with Crippen molar-refractivity contribution in [1.82, 2.24) is 0 Å². The van der Waals surface area contributed by atoms with Gasteiger partial charge in [-0.25, -0.2) is 4.79 Å². The Bertz CT molecular complexity index is 1000. The maximum Gasteiger partial charge on any atom is 0.342 e. The molecule has 1 aliphatic rings. The van der Waals surface area contributed by atoms with E-state index in [1.54, 1.807) is 6.92 Å². The summed E-state index contributed by atoms with van der Waals surface area (Å²) >= 11 is 13.0. The summed E-state index contributed by atoms with van der Waals surface area (Å²) in [5.74, 6) is -0.849. The van der Waals surface area contributed by atoms with Gasteiger partial charge in [-0.05, 0) is 18.1 Å². The summed E-state index contributed by atoms with van der Waals surface area (Å²) in [7, 11) is 2.58. The zero-order valence-electron chi connectivity index (χ0n) is 18.7. The molecular weight excluding hydrogens is 491 g/mol. The minimum atomic E-state index is -1.59. The summed E-state index contributed by atoms with van der Waals surface area (Å²) in [5.41, 5.74) is 1.06. The van der Waals surface area contributed by atoms with E-state index in [-0.39, 0.29) is 39.3 Å². The number of benzene rings is 2. The summed E-state index contributed by atoms with van der Waals surface area (Å²) < 4.78 is 27.1. The van der Waals surface area contributed by atoms with Gasteiger partial charge < -0.3 is 39.0 Å². The lowest BCUT2D eigenvalue weighted by Gasteiger charge is -2.40. The van der Waals surface area contributed by atoms with Crippen molar-refractivity contribution in [3.63, 3.8) is 0 Å². The molecular formula is C23H26Cl2O9. The summed E-state index contributed by atoms with van der Waals surface area (Å²) in [6.45, 7) is 1.17. The molecule has 3 N–H and O–H groups in total. The van der Waals surface area contributed by atoms with Crippen LogP contribution in [0.15, 0.2) is 30.3 Å². The van der Waals surface area contributed by atoms with Crippen LogP contribution in [0, 0.1) is 6.92 Å². The van der Waals surface area contributed by atoms with Gasteiger partial charge in [-0.2, -0.15) is 0 Å². The van der Waals surface area contributed by atoms with Gasteiger partial charge in [0.2, 0.25) is 0 Å². The Morgan fingerprint density at radius 2 is 1.74 bits per heavy atom. The average molecular weight is 517 g/mol. The Balaban J connectivity index is 1.90. The molecule has 1 fully saturated rings. The largest absolute Gasteiger partial charge is 0.494 e. The highest BCUT2D eigenvalue weighted by Crippen LogP contribution is 2.46. The molecule has 0 spiro atoms. The van der Waals surface area contributed by atoms with E-state index in [1.165, 1.54) is 14.2 Å². The summed E-state index contributed by atoms with van der Waals surface area (Å²) in [6, 6.07) is 9.35. The number of ether oxygens (including phenoxy) is 5. The fourth-order valence-electron chi connectivity index (χ4n) is 3.61. The number of rotatable bonds is 8. The molecule has 1 heterocycles. The standard InChI is InChI=1S/C23H26Cl2O9/c1-11-14(22(29)34-21-18(28)17(27)13(9-26)33-23(21)31-3)19(30-2)16(25)20(15(11)24)32-10-12-7-5-4-6-8-12/h4-8,13,17-18,21,23,26-28H,9-10H2,1-3H3/t13-,17+,18+,21-,23-/m1/s1. The SMILES string of the molecule is COc1c(Cl)c(OCc2ccccc2)c(Cl)c(C)c1C(=O)O[C@H]1[C@H](OC)O[C@H](CO)[C@H](O)[C@@H]1O. The quantitative estimate of drug-likeness (QED) is 0.453. The van der Waals surface area contributed by atoms with Crippen molar-refractivity contribution < 1.29 is 43.8 Å². The van der Waals surface area contributed by atoms with Gasteiger partial charge in [0.1, 0.15) is 35.5 Å². The van der Waals surface area contributed by atoms with Gasteiger partial charge in [0.05, 0.1) is 18.7 Å². The fourth-order valence-corrected chi connectivity index (χ4v) is 4.22. The van der Waals surface area contributed by atoms with Gasteiger partial charge in [0, 0.05) is 7.11 Å². The number of carbonyl (C=O) groups is 1. The molecule has 11 heteroatoms. The first-order valence-corrected chi connectivity index (χ1v) is 11.1. The van der Waals surface area contributed by atoms with Crippen LogP contribution in [0.25, 0.3) is 0 Å². The third-order valence-corrected chi connectivity index (χ3v) is 6.26. The van der Waals surface area contributed by atoms with Crippen LogP contribution in [0.5, 0.6) is 11.5 Å². The third kappa shape index (κ3) is 5.26. The minimum Gasteiger partial charge on any atom is -0.494 e. The van der Waals surface area contributed by atoms with Gasteiger partial charge in [-0.1, -0.05) is 53.5 Å². The first kappa shape index (κ1) is 26.5. The van der Waals surface area contributed by atoms with Crippen molar-refractivity contribution in [1.29, 1.82) is 0 Å². The average Bonchev–Trinajstić information content (AvgIpc) is 2.84. The van der Waals surface area contributed by atoms with E-state index in [1.807, 2.05) is 30.3 Å². The lowest BCUT2D eigenvalue weighted by molar-refractivity contribution is -0.293. The second-order valence-electron chi connectivity index (χ2n) is 7.58. The lowest BCUT2D eigenvalue weighted by Crippen LogP contribution is -2.60. The zero-order chi connectivity index (χ0) is 25.0. The van der Waals surface area contributed by atoms with Crippen LogP contribution in [-0.2, 0) is 20.8 Å². The first-order valence-electron chi connectivity index (χ1n) is 10.3. The molecule has 2 aromatic carbocycles. The molecule has 5 atom stereocenters. The highest BCUT2D eigenvalue weighted by Gasteiger charge is 2.47. The van der Waals surface area contributed by atoms with E-state index in [9.17, 15) is 20.1 Å². The van der Waals surface area contributed by atoms with Gasteiger partial charge >= 0.3 is 5.97 Å². The van der Waals surface area contributed by atoms with Crippen molar-refractivity contribution in [3.05, 3.63) is 57.1 Å². The number of methoxy groups -OCH3 is 2. The Labute approximate surface area is 206 Å². The molecule has 0 aliphatic carbocycles. The normalized spacial score (nSPS) is 24.5. The number of aliphatic hydroxyl groups is 3. The molecule has 186 valence electrons. The Hall–Kier alpha value is -2.11. The molecule has 0 bridgehead atoms. The molecule has 1 saturated heterocycles. The third-order valence-electron chi connectivity index (χ3n) is 5.46. The molecule has 0 radical (unpaired) electrons. The summed E-state index contributed by atoms with van der Waals surface area (Å²) in [6.07, 6.45) is -6.88. The molecule has 9 nitrogen and oxygen atoms in total. The number of carbonyl (C=O) groups excluding carboxylic acids is 1. The lowest BCUT2D eigenvalue weighted by atomic mass is 9.99. The first-order chi connectivity index (χ1) is 16.2. The molecule has 0 saturated carbocycles. The maximum absolute atomic E-state index is 13.2. The van der Waals surface area contributed by atoms with Crippen molar-refractivity contribution >= 4 is 29.2 Å². The highest BCUT2D eigenvalue weighted by atomic mass is 35.5. The van der Waals surface area contributed by atoms with E-state index < -0.39 is 43.3 Å². The minimum absolute atomic E-state index is 0.0365. The number of esters is 1. The second kappa shape index (κ2) is 11.5. The van der Waals surface area contributed by atoms with Crippen LogP contribution in [0.4, 0.5) is 0 Å². The van der Waals surface area contributed by atoms with Gasteiger partial charge in [-0.15, -0.1) is 0 Å². The van der Waals surface area contributed by atoms with Crippen LogP contribution in [0.3, 0.4) is 0 Å². The van der Waals surface area contributed by atoms with E-state index in [0.717, 1.165) is 5.56 Å². The van der Waals surface area contributed by atoms with Crippen molar-refractivity contribution in [2.45, 2.75) is 44.2 Å². The molecule has 3 rings (SSSR count). The topological polar surface area (TPSA) is 124 Å². The Morgan fingerprint density at radius 1 is 1.06 bits per heavy atom. The van der Waals surface area contributed by atoms with Crippen molar-refractivity contribution in [2.24, 2.45) is 0 Å². The smallest absolute Gasteiger partial charge is 0.342 e. The van der Waals surface area contributed by atoms with Gasteiger partial charge in [0.15, 0.2) is 23.9 Å². The molecule has 0 amide bonds. The zero-order valence-corrected chi connectivity index (χ0v) is 20.2. The van der Waals surface area contributed by atoms with E-state index in [2.05, 4.69) is 0 Å². The second-order valence-corrected chi connectivity index (χ2v) is 8.33. The molecule has 0 unspecified atom stereocenters. The summed E-state index contributed by atoms with van der Waals surface area (Å²) in [4.78, 5) is 13.2. The monoisotopic (exact) mass is 516 g/mol. The van der Waals surface area contributed by atoms with Crippen molar-refractivity contribution in [3.8, 4) is 11.5 Å². The molecule has 2 aromatic rings. The van der Waals surface area contributed by atoms with Crippen LogP contribution >= 0.6 is 23.2 Å². The molecule has 34 heavy (non-hydrogen) atoms. The van der Waals surface area contributed by atoms with Gasteiger partial charge in [0.25, 0.3) is 0 Å². The fraction of sp³-hybridized carbons (Fsp3) is 0.435. The maximum atomic E-state index is 13.2. The molecule has 0 aromatic heterocycles. The predicted octanol–water partition coefficient (Wildman–Crippen LogP) is 2.50. The van der Waals surface area contributed by atoms with Crippen LogP contribution < -0.4 is 9.47 Å². The van der Waals surface area contributed by atoms with E-state index in [4.69, 9.17) is 46.9 Å². The van der Waals surface area contributed by atoms with E-state index >= 15 is 0 Å². The predicted molar refractivity (Wildman–Crippen MR) is 122 cm³/mol.